The lowest BCUT2D eigenvalue weighted by molar-refractivity contribution is -0.150. The summed E-state index contributed by atoms with van der Waals surface area (Å²) in [5.41, 5.74) is -0.504. The van der Waals surface area contributed by atoms with Gasteiger partial charge in [-0.2, -0.15) is 0 Å². The maximum absolute atomic E-state index is 12.2. The van der Waals surface area contributed by atoms with Crippen LogP contribution in [0.15, 0.2) is 18.2 Å². The number of esters is 1. The van der Waals surface area contributed by atoms with Crippen LogP contribution in [0.4, 0.5) is 0 Å². The SMILES string of the molecule is CCCC(C)(NC(=O)Cc1c(Cl)cccc1Cl)C(=O)OC. The molecule has 1 unspecified atom stereocenters. The molecule has 0 bridgehead atoms. The first-order valence-corrected chi connectivity index (χ1v) is 7.42. The first-order valence-electron chi connectivity index (χ1n) is 6.66. The van der Waals surface area contributed by atoms with Gasteiger partial charge < -0.3 is 10.1 Å². The number of carbonyl (C=O) groups is 2. The maximum atomic E-state index is 12.2. The van der Waals surface area contributed by atoms with Crippen molar-refractivity contribution in [1.82, 2.24) is 5.32 Å². The van der Waals surface area contributed by atoms with Crippen LogP contribution in [0.25, 0.3) is 0 Å². The molecule has 0 saturated carbocycles. The third-order valence-electron chi connectivity index (χ3n) is 3.20. The van der Waals surface area contributed by atoms with Crippen molar-refractivity contribution in [3.63, 3.8) is 0 Å². The number of methoxy groups -OCH3 is 1. The van der Waals surface area contributed by atoms with Gasteiger partial charge in [0.25, 0.3) is 0 Å². The van der Waals surface area contributed by atoms with Crippen LogP contribution in [0.5, 0.6) is 0 Å². The molecule has 0 saturated heterocycles. The Labute approximate surface area is 134 Å². The van der Waals surface area contributed by atoms with Gasteiger partial charge in [0.15, 0.2) is 0 Å². The van der Waals surface area contributed by atoms with Crippen LogP contribution in [0.2, 0.25) is 10.0 Å². The van der Waals surface area contributed by atoms with Crippen LogP contribution in [-0.4, -0.2) is 24.5 Å². The molecule has 1 aromatic carbocycles. The van der Waals surface area contributed by atoms with Crippen LogP contribution in [-0.2, 0) is 20.7 Å². The highest BCUT2D eigenvalue weighted by molar-refractivity contribution is 6.36. The van der Waals surface area contributed by atoms with Crippen molar-refractivity contribution in [2.45, 2.75) is 38.6 Å². The summed E-state index contributed by atoms with van der Waals surface area (Å²) in [6.45, 7) is 3.58. The fourth-order valence-corrected chi connectivity index (χ4v) is 2.69. The second kappa shape index (κ2) is 7.66. The molecule has 1 aromatic rings. The predicted octanol–water partition coefficient (Wildman–Crippen LogP) is 3.38. The molecule has 1 N–H and O–H groups in total. The Hall–Kier alpha value is -1.26. The number of hydrogen-bond acceptors (Lipinski definition) is 3. The summed E-state index contributed by atoms with van der Waals surface area (Å²) in [5, 5.41) is 3.57. The zero-order valence-corrected chi connectivity index (χ0v) is 13.8. The highest BCUT2D eigenvalue weighted by atomic mass is 35.5. The lowest BCUT2D eigenvalue weighted by Gasteiger charge is -2.27. The molecule has 4 nitrogen and oxygen atoms in total. The van der Waals surface area contributed by atoms with E-state index in [0.29, 0.717) is 22.0 Å². The molecule has 1 amide bonds. The molecular weight excluding hydrogens is 313 g/mol. The fourth-order valence-electron chi connectivity index (χ4n) is 2.15. The fraction of sp³-hybridized carbons (Fsp3) is 0.467. The maximum Gasteiger partial charge on any atom is 0.331 e. The minimum atomic E-state index is -1.05. The van der Waals surface area contributed by atoms with Gasteiger partial charge in [0.2, 0.25) is 5.91 Å². The quantitative estimate of drug-likeness (QED) is 0.813. The molecule has 1 atom stereocenters. The van der Waals surface area contributed by atoms with Gasteiger partial charge in [-0.15, -0.1) is 0 Å². The van der Waals surface area contributed by atoms with E-state index in [4.69, 9.17) is 27.9 Å². The molecule has 0 radical (unpaired) electrons. The number of carbonyl (C=O) groups excluding carboxylic acids is 2. The number of nitrogens with one attached hydrogen (secondary N) is 1. The molecule has 0 fully saturated rings. The van der Waals surface area contributed by atoms with E-state index in [0.717, 1.165) is 6.42 Å². The summed E-state index contributed by atoms with van der Waals surface area (Å²) >= 11 is 12.1. The average Bonchev–Trinajstić information content (AvgIpc) is 2.42. The molecule has 1 rings (SSSR count). The number of hydrogen-bond donors (Lipinski definition) is 1. The van der Waals surface area contributed by atoms with Crippen molar-refractivity contribution in [2.75, 3.05) is 7.11 Å². The molecule has 6 heteroatoms. The van der Waals surface area contributed by atoms with Crippen LogP contribution in [0, 0.1) is 0 Å². The van der Waals surface area contributed by atoms with Gasteiger partial charge in [0.1, 0.15) is 5.54 Å². The van der Waals surface area contributed by atoms with E-state index in [9.17, 15) is 9.59 Å². The number of rotatable bonds is 6. The first-order chi connectivity index (χ1) is 9.84. The molecular formula is C15H19Cl2NO3. The van der Waals surface area contributed by atoms with E-state index in [1.54, 1.807) is 25.1 Å². The molecule has 0 aliphatic heterocycles. The van der Waals surface area contributed by atoms with Crippen LogP contribution in [0.1, 0.15) is 32.3 Å². The number of ether oxygens (including phenoxy) is 1. The lowest BCUT2D eigenvalue weighted by atomic mass is 9.95. The number of benzene rings is 1. The summed E-state index contributed by atoms with van der Waals surface area (Å²) in [6.07, 6.45) is 1.23. The monoisotopic (exact) mass is 331 g/mol. The zero-order chi connectivity index (χ0) is 16.0. The van der Waals surface area contributed by atoms with E-state index in [2.05, 4.69) is 5.32 Å². The minimum absolute atomic E-state index is 0.00874. The second-order valence-electron chi connectivity index (χ2n) is 5.00. The van der Waals surface area contributed by atoms with Gasteiger partial charge in [0.05, 0.1) is 13.5 Å². The highest BCUT2D eigenvalue weighted by Crippen LogP contribution is 2.25. The lowest BCUT2D eigenvalue weighted by Crippen LogP contribution is -2.53. The van der Waals surface area contributed by atoms with Gasteiger partial charge in [-0.3, -0.25) is 4.79 Å². The Morgan fingerprint density at radius 3 is 2.33 bits per heavy atom. The van der Waals surface area contributed by atoms with E-state index in [1.807, 2.05) is 6.92 Å². The van der Waals surface area contributed by atoms with Crippen LogP contribution in [0.3, 0.4) is 0 Å². The van der Waals surface area contributed by atoms with E-state index in [-0.39, 0.29) is 12.3 Å². The number of halogens is 2. The summed E-state index contributed by atoms with van der Waals surface area (Å²) in [7, 11) is 1.30. The topological polar surface area (TPSA) is 55.4 Å². The normalized spacial score (nSPS) is 13.4. The molecule has 0 aliphatic carbocycles. The Bertz CT molecular complexity index is 513. The van der Waals surface area contributed by atoms with E-state index >= 15 is 0 Å². The number of amides is 1. The molecule has 21 heavy (non-hydrogen) atoms. The van der Waals surface area contributed by atoms with Crippen LogP contribution >= 0.6 is 23.2 Å². The zero-order valence-electron chi connectivity index (χ0n) is 12.3. The van der Waals surface area contributed by atoms with Crippen molar-refractivity contribution in [2.24, 2.45) is 0 Å². The van der Waals surface area contributed by atoms with Gasteiger partial charge in [-0.05, 0) is 31.0 Å². The second-order valence-corrected chi connectivity index (χ2v) is 5.81. The summed E-state index contributed by atoms with van der Waals surface area (Å²) in [6, 6.07) is 5.05. The third kappa shape index (κ3) is 4.61. The minimum Gasteiger partial charge on any atom is -0.467 e. The highest BCUT2D eigenvalue weighted by Gasteiger charge is 2.35. The third-order valence-corrected chi connectivity index (χ3v) is 3.91. The average molecular weight is 332 g/mol. The van der Waals surface area contributed by atoms with Crippen molar-refractivity contribution in [1.29, 1.82) is 0 Å². The predicted molar refractivity (Wildman–Crippen MR) is 83.6 cm³/mol. The van der Waals surface area contributed by atoms with Gasteiger partial charge in [-0.1, -0.05) is 42.6 Å². The van der Waals surface area contributed by atoms with Gasteiger partial charge in [-0.25, -0.2) is 4.79 Å². The van der Waals surface area contributed by atoms with Gasteiger partial charge >= 0.3 is 5.97 Å². The Morgan fingerprint density at radius 2 is 1.86 bits per heavy atom. The van der Waals surface area contributed by atoms with Crippen LogP contribution < -0.4 is 5.32 Å². The summed E-state index contributed by atoms with van der Waals surface area (Å²) in [4.78, 5) is 24.0. The smallest absolute Gasteiger partial charge is 0.331 e. The summed E-state index contributed by atoms with van der Waals surface area (Å²) < 4.78 is 4.76. The largest absolute Gasteiger partial charge is 0.467 e. The van der Waals surface area contributed by atoms with Crippen molar-refractivity contribution < 1.29 is 14.3 Å². The Morgan fingerprint density at radius 1 is 1.29 bits per heavy atom. The molecule has 0 spiro atoms. The summed E-state index contributed by atoms with van der Waals surface area (Å²) in [5.74, 6) is -0.797. The Kier molecular flexibility index (Phi) is 6.49. The first kappa shape index (κ1) is 17.8. The van der Waals surface area contributed by atoms with Crippen molar-refractivity contribution >= 4 is 35.1 Å². The molecule has 0 aromatic heterocycles. The molecule has 0 aliphatic rings. The Balaban J connectivity index is 2.86. The van der Waals surface area contributed by atoms with Crippen molar-refractivity contribution in [3.8, 4) is 0 Å². The van der Waals surface area contributed by atoms with E-state index in [1.165, 1.54) is 7.11 Å². The van der Waals surface area contributed by atoms with Crippen molar-refractivity contribution in [3.05, 3.63) is 33.8 Å². The van der Waals surface area contributed by atoms with E-state index < -0.39 is 11.5 Å². The van der Waals surface area contributed by atoms with Gasteiger partial charge in [0, 0.05) is 10.0 Å². The standard InChI is InChI=1S/C15H19Cl2NO3/c1-4-8-15(2,14(20)21-3)18-13(19)9-10-11(16)6-5-7-12(10)17/h5-7H,4,8-9H2,1-3H3,(H,18,19). The molecule has 116 valence electrons. The molecule has 0 heterocycles.